The van der Waals surface area contributed by atoms with E-state index in [0.29, 0.717) is 15.3 Å². The third-order valence-electron chi connectivity index (χ3n) is 2.26. The highest BCUT2D eigenvalue weighted by Crippen LogP contribution is 2.21. The minimum atomic E-state index is -0.233. The maximum Gasteiger partial charge on any atom is 0.184 e. The van der Waals surface area contributed by atoms with E-state index in [9.17, 15) is 5.11 Å². The van der Waals surface area contributed by atoms with Crippen molar-refractivity contribution in [3.63, 3.8) is 0 Å². The number of aliphatic hydroxyl groups is 2. The summed E-state index contributed by atoms with van der Waals surface area (Å²) in [5.41, 5.74) is 1.46. The van der Waals surface area contributed by atoms with Gasteiger partial charge in [-0.25, -0.2) is 0 Å². The van der Waals surface area contributed by atoms with Crippen molar-refractivity contribution >= 4 is 34.9 Å². The van der Waals surface area contributed by atoms with E-state index in [-0.39, 0.29) is 13.5 Å². The summed E-state index contributed by atoms with van der Waals surface area (Å²) in [4.78, 5) is 0. The third-order valence-corrected chi connectivity index (χ3v) is 2.94. The normalized spacial score (nSPS) is 11.1. The van der Waals surface area contributed by atoms with E-state index in [4.69, 9.17) is 28.9 Å². The summed E-state index contributed by atoms with van der Waals surface area (Å²) < 4.78 is 3.40. The lowest BCUT2D eigenvalue weighted by atomic mass is 10.3. The fraction of sp³-hybridized carbons (Fsp3) is 0.222. The van der Waals surface area contributed by atoms with Gasteiger partial charge in [-0.1, -0.05) is 11.6 Å². The first-order valence-electron chi connectivity index (χ1n) is 4.29. The van der Waals surface area contributed by atoms with Crippen LogP contribution in [0.4, 0.5) is 0 Å². The Balaban J connectivity index is 2.92. The average Bonchev–Trinajstić information content (AvgIpc) is 2.48. The van der Waals surface area contributed by atoms with E-state index in [1.807, 2.05) is 0 Å². The molecule has 0 spiro atoms. The van der Waals surface area contributed by atoms with Gasteiger partial charge in [0.2, 0.25) is 0 Å². The smallest absolute Gasteiger partial charge is 0.184 e. The number of fused-ring (bicyclic) bond motifs is 1. The number of hydrogen-bond donors (Lipinski definition) is 2. The van der Waals surface area contributed by atoms with Gasteiger partial charge in [0.25, 0.3) is 0 Å². The van der Waals surface area contributed by atoms with Gasteiger partial charge in [-0.2, -0.15) is 0 Å². The quantitative estimate of drug-likeness (QED) is 0.791. The lowest BCUT2D eigenvalue weighted by molar-refractivity contribution is 0.195. The summed E-state index contributed by atoms with van der Waals surface area (Å²) in [7, 11) is 0. The second kappa shape index (κ2) is 3.94. The van der Waals surface area contributed by atoms with Gasteiger partial charge in [0, 0.05) is 5.02 Å². The van der Waals surface area contributed by atoms with Crippen LogP contribution in [0.2, 0.25) is 5.02 Å². The summed E-state index contributed by atoms with van der Waals surface area (Å²) in [6.45, 7) is -0.452. The van der Waals surface area contributed by atoms with Crippen molar-refractivity contribution in [2.45, 2.75) is 13.5 Å². The summed E-state index contributed by atoms with van der Waals surface area (Å²) in [5.74, 6) is 0. The van der Waals surface area contributed by atoms with Crippen LogP contribution in [0.25, 0.3) is 11.0 Å². The highest BCUT2D eigenvalue weighted by molar-refractivity contribution is 7.71. The predicted molar refractivity (Wildman–Crippen MR) is 60.2 cm³/mol. The molecule has 0 fully saturated rings. The fourth-order valence-corrected chi connectivity index (χ4v) is 2.04. The van der Waals surface area contributed by atoms with Gasteiger partial charge in [-0.3, -0.25) is 9.13 Å². The topological polar surface area (TPSA) is 50.3 Å². The fourth-order valence-electron chi connectivity index (χ4n) is 1.57. The molecule has 0 aliphatic rings. The largest absolute Gasteiger partial charge is 0.376 e. The Bertz CT molecular complexity index is 561. The molecular weight excluding hydrogens is 236 g/mol. The minimum Gasteiger partial charge on any atom is -0.376 e. The molecule has 0 saturated carbocycles. The van der Waals surface area contributed by atoms with Gasteiger partial charge in [0.1, 0.15) is 13.5 Å². The van der Waals surface area contributed by atoms with Gasteiger partial charge in [0.15, 0.2) is 4.77 Å². The van der Waals surface area contributed by atoms with E-state index in [1.54, 1.807) is 18.2 Å². The first-order chi connectivity index (χ1) is 7.19. The van der Waals surface area contributed by atoms with E-state index in [1.165, 1.54) is 9.13 Å². The standard InChI is InChI=1S/C9H9ClN2O2S/c10-6-1-2-7-8(3-6)12(5-14)9(15)11(7)4-13/h1-3,13-14H,4-5H2. The summed E-state index contributed by atoms with van der Waals surface area (Å²) in [5, 5.41) is 18.9. The first kappa shape index (κ1) is 10.6. The van der Waals surface area contributed by atoms with E-state index >= 15 is 0 Å². The van der Waals surface area contributed by atoms with Crippen molar-refractivity contribution in [3.05, 3.63) is 28.0 Å². The van der Waals surface area contributed by atoms with E-state index in [2.05, 4.69) is 0 Å². The highest BCUT2D eigenvalue weighted by Gasteiger charge is 2.09. The van der Waals surface area contributed by atoms with Crippen molar-refractivity contribution < 1.29 is 10.2 Å². The summed E-state index contributed by atoms with van der Waals surface area (Å²) in [6.07, 6.45) is 0. The van der Waals surface area contributed by atoms with Crippen LogP contribution in [0.5, 0.6) is 0 Å². The number of aromatic nitrogens is 2. The lowest BCUT2D eigenvalue weighted by Gasteiger charge is -1.97. The molecule has 2 aromatic rings. The van der Waals surface area contributed by atoms with Crippen molar-refractivity contribution in [1.29, 1.82) is 0 Å². The predicted octanol–water partition coefficient (Wildman–Crippen LogP) is 1.73. The zero-order chi connectivity index (χ0) is 11.0. The molecule has 0 amide bonds. The first-order valence-corrected chi connectivity index (χ1v) is 5.08. The van der Waals surface area contributed by atoms with Gasteiger partial charge in [-0.15, -0.1) is 0 Å². The van der Waals surface area contributed by atoms with Crippen LogP contribution in [0, 0.1) is 4.77 Å². The second-order valence-electron chi connectivity index (χ2n) is 3.05. The number of benzene rings is 1. The molecule has 0 radical (unpaired) electrons. The molecule has 80 valence electrons. The molecule has 0 aliphatic carbocycles. The number of hydrogen-bond acceptors (Lipinski definition) is 3. The maximum atomic E-state index is 9.17. The molecule has 1 aromatic heterocycles. The molecular formula is C9H9ClN2O2S. The lowest BCUT2D eigenvalue weighted by Crippen LogP contribution is -2.00. The number of rotatable bonds is 2. The molecule has 15 heavy (non-hydrogen) atoms. The third kappa shape index (κ3) is 1.57. The Morgan fingerprint density at radius 2 is 1.73 bits per heavy atom. The van der Waals surface area contributed by atoms with Crippen LogP contribution >= 0.6 is 23.8 Å². The Kier molecular flexibility index (Phi) is 2.79. The van der Waals surface area contributed by atoms with Crippen LogP contribution in [0.15, 0.2) is 18.2 Å². The van der Waals surface area contributed by atoms with Crippen LogP contribution in [-0.4, -0.2) is 19.3 Å². The van der Waals surface area contributed by atoms with Crippen molar-refractivity contribution in [3.8, 4) is 0 Å². The van der Waals surface area contributed by atoms with Gasteiger partial charge in [-0.05, 0) is 30.4 Å². The van der Waals surface area contributed by atoms with E-state index in [0.717, 1.165) is 5.52 Å². The molecule has 0 saturated heterocycles. The van der Waals surface area contributed by atoms with Gasteiger partial charge >= 0.3 is 0 Å². The molecule has 2 rings (SSSR count). The minimum absolute atomic E-state index is 0.218. The van der Waals surface area contributed by atoms with Gasteiger partial charge < -0.3 is 10.2 Å². The Morgan fingerprint density at radius 1 is 1.13 bits per heavy atom. The second-order valence-corrected chi connectivity index (χ2v) is 3.86. The average molecular weight is 245 g/mol. The molecule has 0 atom stereocenters. The van der Waals surface area contributed by atoms with Crippen LogP contribution in [0.1, 0.15) is 0 Å². The summed E-state index contributed by atoms with van der Waals surface area (Å²) in [6, 6.07) is 5.18. The SMILES string of the molecule is OCn1c(=S)n(CO)c2cc(Cl)ccc21. The number of nitrogens with zero attached hydrogens (tertiary/aromatic N) is 2. The number of halogens is 1. The molecule has 0 bridgehead atoms. The highest BCUT2D eigenvalue weighted by atomic mass is 35.5. The van der Waals surface area contributed by atoms with Crippen LogP contribution in [0.3, 0.4) is 0 Å². The Labute approximate surface area is 95.9 Å². The van der Waals surface area contributed by atoms with Crippen molar-refractivity contribution in [1.82, 2.24) is 9.13 Å². The molecule has 4 nitrogen and oxygen atoms in total. The zero-order valence-corrected chi connectivity index (χ0v) is 9.29. The molecule has 1 aromatic carbocycles. The Morgan fingerprint density at radius 3 is 2.33 bits per heavy atom. The molecule has 0 aliphatic heterocycles. The van der Waals surface area contributed by atoms with Crippen LogP contribution < -0.4 is 0 Å². The zero-order valence-electron chi connectivity index (χ0n) is 7.72. The number of aliphatic hydroxyl groups excluding tert-OH is 2. The van der Waals surface area contributed by atoms with E-state index < -0.39 is 0 Å². The monoisotopic (exact) mass is 244 g/mol. The van der Waals surface area contributed by atoms with Gasteiger partial charge in [0.05, 0.1) is 11.0 Å². The maximum absolute atomic E-state index is 9.17. The molecule has 6 heteroatoms. The Hall–Kier alpha value is -0.880. The van der Waals surface area contributed by atoms with Crippen molar-refractivity contribution in [2.24, 2.45) is 0 Å². The summed E-state index contributed by atoms with van der Waals surface area (Å²) >= 11 is 10.9. The molecule has 0 unspecified atom stereocenters. The van der Waals surface area contributed by atoms with Crippen LogP contribution in [-0.2, 0) is 13.5 Å². The molecule has 1 heterocycles. The van der Waals surface area contributed by atoms with Crippen molar-refractivity contribution in [2.75, 3.05) is 0 Å². The molecule has 2 N–H and O–H groups in total. The number of imidazole rings is 1.